The van der Waals surface area contributed by atoms with Crippen LogP contribution in [-0.4, -0.2) is 113 Å². The normalized spacial score (nSPS) is 6.52. The largest absolute Gasteiger partial charge is 0.388 e. The van der Waals surface area contributed by atoms with Gasteiger partial charge in [-0.3, -0.25) is 0 Å². The van der Waals surface area contributed by atoms with Gasteiger partial charge in [-0.1, -0.05) is 135 Å². The Morgan fingerprint density at radius 2 is 0.283 bits per heavy atom. The predicted molar refractivity (Wildman–Crippen MR) is 218 cm³/mol. The lowest BCUT2D eigenvalue weighted by molar-refractivity contribution is 0.199. The second-order valence-corrected chi connectivity index (χ2v) is 8.68. The number of hydrogen-bond donors (Lipinski definition) is 0. The zero-order valence-electron chi connectivity index (χ0n) is 38.3. The maximum Gasteiger partial charge on any atom is 0.0459 e. The summed E-state index contributed by atoms with van der Waals surface area (Å²) in [4.78, 5) is 0. The fraction of sp³-hybridized carbons (Fsp3) is 1.00. The average molecular weight is 689 g/mol. The molecule has 0 heterocycles. The maximum atomic E-state index is 4.69. The van der Waals surface area contributed by atoms with Gasteiger partial charge in [0.2, 0.25) is 0 Å². The van der Waals surface area contributed by atoms with Crippen molar-refractivity contribution in [2.45, 2.75) is 148 Å². The Kier molecular flexibility index (Phi) is 539. The minimum atomic E-state index is 0.889. The summed E-state index contributed by atoms with van der Waals surface area (Å²) in [7, 11) is 22.9. The molecule has 0 unspecified atom stereocenters. The van der Waals surface area contributed by atoms with Crippen LogP contribution in [0.25, 0.3) is 0 Å². The van der Waals surface area contributed by atoms with Crippen LogP contribution in [0.15, 0.2) is 0 Å². The summed E-state index contributed by atoms with van der Waals surface area (Å²) in [6.45, 7) is 31.5. The third-order valence-electron chi connectivity index (χ3n) is 0.816. The Morgan fingerprint density at radius 3 is 0.283 bits per heavy atom. The quantitative estimate of drug-likeness (QED) is 0.289. The van der Waals surface area contributed by atoms with E-state index in [1.165, 1.54) is 38.5 Å². The summed E-state index contributed by atoms with van der Waals surface area (Å²) in [5.74, 6) is 0. The molecule has 46 heavy (non-hydrogen) atoms. The topological polar surface area (TPSA) is 73.8 Å². The highest BCUT2D eigenvalue weighted by atomic mass is 16.5. The molecule has 0 aromatic heterocycles. The Morgan fingerprint density at radius 1 is 0.217 bits per heavy atom. The van der Waals surface area contributed by atoms with Crippen molar-refractivity contribution in [3.8, 4) is 0 Å². The zero-order valence-corrected chi connectivity index (χ0v) is 38.3. The standard InChI is InChI=1S/2C4H10O.6C3H8.6C2H6O/c2*1-3-4-5-2;12*1-3-2/h2*3-4H2,1-2H3;6*3H2,1-2H3;6*1-2H3. The fourth-order valence-corrected chi connectivity index (χ4v) is 0.408. The van der Waals surface area contributed by atoms with E-state index in [1.54, 1.807) is 99.5 Å². The van der Waals surface area contributed by atoms with E-state index >= 15 is 0 Å². The molecule has 304 valence electrons. The van der Waals surface area contributed by atoms with Crippen LogP contribution >= 0.6 is 0 Å². The molecule has 0 rings (SSSR count). The average Bonchev–Trinajstić information content (AvgIpc) is 2.96. The van der Waals surface area contributed by atoms with E-state index in [2.05, 4.69) is 125 Å². The lowest BCUT2D eigenvalue weighted by atomic mass is 10.5. The van der Waals surface area contributed by atoms with E-state index < -0.39 is 0 Å². The van der Waals surface area contributed by atoms with Gasteiger partial charge in [-0.2, -0.15) is 0 Å². The highest BCUT2D eigenvalue weighted by molar-refractivity contribution is 4.15. The molecule has 0 saturated heterocycles. The molecule has 0 atom stereocenters. The first-order chi connectivity index (χ1) is 21.8. The number of ether oxygens (including phenoxy) is 8. The second kappa shape index (κ2) is 273. The van der Waals surface area contributed by atoms with Crippen molar-refractivity contribution in [3.63, 3.8) is 0 Å². The van der Waals surface area contributed by atoms with Crippen molar-refractivity contribution in [2.24, 2.45) is 0 Å². The molecular formula is C38H104O8. The van der Waals surface area contributed by atoms with Crippen LogP contribution in [0, 0.1) is 0 Å². The second-order valence-electron chi connectivity index (χ2n) is 8.68. The van der Waals surface area contributed by atoms with Gasteiger partial charge in [0.05, 0.1) is 0 Å². The van der Waals surface area contributed by atoms with Crippen LogP contribution in [0.1, 0.15) is 148 Å². The minimum Gasteiger partial charge on any atom is -0.388 e. The summed E-state index contributed by atoms with van der Waals surface area (Å²) in [5.41, 5.74) is 0. The van der Waals surface area contributed by atoms with Crippen molar-refractivity contribution < 1.29 is 37.9 Å². The maximum absolute atomic E-state index is 4.69. The van der Waals surface area contributed by atoms with Gasteiger partial charge < -0.3 is 37.9 Å². The summed E-state index contributed by atoms with van der Waals surface area (Å²) in [5, 5.41) is 0. The van der Waals surface area contributed by atoms with Gasteiger partial charge in [-0.05, 0) is 12.8 Å². The molecule has 0 aliphatic rings. The molecule has 0 saturated carbocycles. The van der Waals surface area contributed by atoms with Gasteiger partial charge >= 0.3 is 0 Å². The van der Waals surface area contributed by atoms with Gasteiger partial charge in [0.25, 0.3) is 0 Å². The number of methoxy groups -OCH3 is 8. The first-order valence-electron chi connectivity index (χ1n) is 17.2. The molecular weight excluding hydrogens is 584 g/mol. The lowest BCUT2D eigenvalue weighted by Crippen LogP contribution is -1.80. The van der Waals surface area contributed by atoms with Crippen molar-refractivity contribution in [1.82, 2.24) is 0 Å². The Balaban J connectivity index is -0.0000000201. The van der Waals surface area contributed by atoms with E-state index in [-0.39, 0.29) is 0 Å². The van der Waals surface area contributed by atoms with Crippen LogP contribution in [0.4, 0.5) is 0 Å². The van der Waals surface area contributed by atoms with E-state index in [4.69, 9.17) is 9.47 Å². The van der Waals surface area contributed by atoms with Gasteiger partial charge in [0.1, 0.15) is 0 Å². The van der Waals surface area contributed by atoms with E-state index in [0.29, 0.717) is 0 Å². The third-order valence-corrected chi connectivity index (χ3v) is 0.816. The Labute approximate surface area is 298 Å². The van der Waals surface area contributed by atoms with Gasteiger partial charge in [-0.15, -0.1) is 0 Å². The van der Waals surface area contributed by atoms with Gasteiger partial charge in [0, 0.05) is 113 Å². The minimum absolute atomic E-state index is 0.889. The Bertz CT molecular complexity index is 128. The van der Waals surface area contributed by atoms with Crippen molar-refractivity contribution in [2.75, 3.05) is 113 Å². The van der Waals surface area contributed by atoms with Crippen LogP contribution in [0.2, 0.25) is 0 Å². The van der Waals surface area contributed by atoms with E-state index in [9.17, 15) is 0 Å². The monoisotopic (exact) mass is 689 g/mol. The SMILES string of the molecule is CCC.CCC.CCC.CCC.CCC.CCC.CCCOC.CCCOC.COC.COC.COC.COC.COC.COC. The van der Waals surface area contributed by atoms with E-state index in [0.717, 1.165) is 26.1 Å². The molecule has 0 fully saturated rings. The lowest BCUT2D eigenvalue weighted by Gasteiger charge is -1.84. The van der Waals surface area contributed by atoms with Gasteiger partial charge in [0.15, 0.2) is 0 Å². The van der Waals surface area contributed by atoms with Crippen molar-refractivity contribution in [1.29, 1.82) is 0 Å². The molecule has 0 aliphatic carbocycles. The van der Waals surface area contributed by atoms with Crippen molar-refractivity contribution >= 4 is 0 Å². The molecule has 0 aromatic carbocycles. The van der Waals surface area contributed by atoms with E-state index in [1.807, 2.05) is 0 Å². The molecule has 8 nitrogen and oxygen atoms in total. The summed E-state index contributed by atoms with van der Waals surface area (Å²) >= 11 is 0. The fourth-order valence-electron chi connectivity index (χ4n) is 0.408. The zero-order chi connectivity index (χ0) is 40.7. The molecule has 0 bridgehead atoms. The number of rotatable bonds is 4. The summed E-state index contributed by atoms with van der Waals surface area (Å²) in [6, 6.07) is 0. The third kappa shape index (κ3) is 5880. The van der Waals surface area contributed by atoms with Crippen molar-refractivity contribution in [3.05, 3.63) is 0 Å². The highest BCUT2D eigenvalue weighted by Gasteiger charge is 1.66. The highest BCUT2D eigenvalue weighted by Crippen LogP contribution is 1.71. The predicted octanol–water partition coefficient (Wildman–Crippen LogP) is 12.2. The first-order valence-corrected chi connectivity index (χ1v) is 17.2. The molecule has 0 N–H and O–H groups in total. The van der Waals surface area contributed by atoms with Gasteiger partial charge in [-0.25, -0.2) is 0 Å². The summed E-state index contributed by atoms with van der Waals surface area (Å²) < 4.78 is 34.9. The molecule has 0 amide bonds. The molecule has 8 heteroatoms. The smallest absolute Gasteiger partial charge is 0.0459 e. The van der Waals surface area contributed by atoms with Crippen LogP contribution in [-0.2, 0) is 37.9 Å². The molecule has 0 spiro atoms. The number of hydrogen-bond acceptors (Lipinski definition) is 8. The van der Waals surface area contributed by atoms with Crippen LogP contribution in [0.5, 0.6) is 0 Å². The molecule has 0 radical (unpaired) electrons. The summed E-state index contributed by atoms with van der Waals surface area (Å²) in [6.07, 6.45) is 9.74. The Hall–Kier alpha value is -0.320. The van der Waals surface area contributed by atoms with Crippen LogP contribution < -0.4 is 0 Å². The first kappa shape index (κ1) is 90.9. The van der Waals surface area contributed by atoms with Crippen LogP contribution in [0.3, 0.4) is 0 Å². The molecule has 0 aliphatic heterocycles. The molecule has 0 aromatic rings.